The van der Waals surface area contributed by atoms with Crippen molar-refractivity contribution in [3.63, 3.8) is 0 Å². The fourth-order valence-electron chi connectivity index (χ4n) is 6.56. The van der Waals surface area contributed by atoms with Crippen LogP contribution in [0.2, 0.25) is 0 Å². The summed E-state index contributed by atoms with van der Waals surface area (Å²) in [5.41, 5.74) is 8.11. The van der Waals surface area contributed by atoms with Crippen molar-refractivity contribution < 1.29 is 33.3 Å². The van der Waals surface area contributed by atoms with Crippen LogP contribution in [-0.4, -0.2) is 14.5 Å². The van der Waals surface area contributed by atoms with E-state index in [2.05, 4.69) is 61.1 Å². The van der Waals surface area contributed by atoms with Crippen LogP contribution in [0.5, 0.6) is 0 Å². The van der Waals surface area contributed by atoms with Gasteiger partial charge in [0.25, 0.3) is 0 Å². The molecule has 1 radical (unpaired) electrons. The average Bonchev–Trinajstić information content (AvgIpc) is 3.70. The van der Waals surface area contributed by atoms with E-state index in [-0.39, 0.29) is 25.5 Å². The average molecular weight is 873 g/mol. The van der Waals surface area contributed by atoms with E-state index in [1.54, 1.807) is 24.4 Å². The summed E-state index contributed by atoms with van der Waals surface area (Å²) in [7, 11) is 0. The Hall–Kier alpha value is -6.00. The van der Waals surface area contributed by atoms with Gasteiger partial charge >= 0.3 is 0 Å². The van der Waals surface area contributed by atoms with Gasteiger partial charge in [0.2, 0.25) is 0 Å². The molecule has 0 aliphatic rings. The van der Waals surface area contributed by atoms with Crippen molar-refractivity contribution >= 4 is 43.7 Å². The van der Waals surface area contributed by atoms with E-state index >= 15 is 0 Å². The van der Waals surface area contributed by atoms with Crippen LogP contribution in [0, 0.1) is 35.1 Å². The van der Waals surface area contributed by atoms with Crippen LogP contribution in [0.1, 0.15) is 31.9 Å². The van der Waals surface area contributed by atoms with Crippen LogP contribution in [0.4, 0.5) is 8.78 Å². The van der Waals surface area contributed by atoms with Gasteiger partial charge in [-0.2, -0.15) is 5.26 Å². The molecule has 0 unspecified atom stereocenters. The molecule has 4 heterocycles. The van der Waals surface area contributed by atoms with Gasteiger partial charge in [-0.05, 0) is 70.9 Å². The molecule has 0 atom stereocenters. The number of furan rings is 1. The normalized spacial score (nSPS) is 11.3. The van der Waals surface area contributed by atoms with Crippen molar-refractivity contribution in [3.8, 4) is 34.3 Å². The zero-order valence-corrected chi connectivity index (χ0v) is 31.3. The largest absolute Gasteiger partial charge is 0.498 e. The van der Waals surface area contributed by atoms with E-state index in [4.69, 9.17) is 4.42 Å². The number of halogens is 2. The third-order valence-corrected chi connectivity index (χ3v) is 9.14. The molecule has 0 spiro atoms. The van der Waals surface area contributed by atoms with E-state index in [0.717, 1.165) is 22.0 Å². The standard InChI is InChI=1S/C30H14F2N3O.C15H16N.Ir/c31-18-8-11-26-23(14-18)24-15-19(32)9-12-27(24)35(26)28-17(16-33)7-10-21-20-4-3-5-22(29(20)36-30(21)28)25-6-1-2-13-34-25;1-15(2,3)13-9-10-14(16-11-13)12-7-5-4-6-8-12;/h1-4,6-15H;4-7,9-11H,1-3H3;/q2*-1;. The number of nitriles is 1. The first-order valence-electron chi connectivity index (χ1n) is 16.8. The second kappa shape index (κ2) is 14.2. The Morgan fingerprint density at radius 3 is 2.02 bits per heavy atom. The van der Waals surface area contributed by atoms with Crippen LogP contribution in [0.3, 0.4) is 0 Å². The van der Waals surface area contributed by atoms with Gasteiger partial charge in [0, 0.05) is 48.7 Å². The third kappa shape index (κ3) is 6.51. The maximum absolute atomic E-state index is 14.2. The fraction of sp³-hybridized carbons (Fsp3) is 0.0889. The van der Waals surface area contributed by atoms with Crippen molar-refractivity contribution in [2.45, 2.75) is 26.2 Å². The number of fused-ring (bicyclic) bond motifs is 6. The summed E-state index contributed by atoms with van der Waals surface area (Å²) in [6, 6.07) is 42.5. The molecule has 5 nitrogen and oxygen atoms in total. The molecule has 8 heteroatoms. The number of nitrogens with zero attached hydrogens (tertiary/aromatic N) is 4. The van der Waals surface area contributed by atoms with Crippen LogP contribution < -0.4 is 0 Å². The zero-order valence-electron chi connectivity index (χ0n) is 28.9. The Kier molecular flexibility index (Phi) is 9.48. The number of benzene rings is 5. The molecule has 0 N–H and O–H groups in total. The van der Waals surface area contributed by atoms with Crippen molar-refractivity contribution in [1.29, 1.82) is 5.26 Å². The molecule has 5 aromatic carbocycles. The second-order valence-electron chi connectivity index (χ2n) is 13.5. The number of hydrogen-bond donors (Lipinski definition) is 0. The summed E-state index contributed by atoms with van der Waals surface area (Å²) >= 11 is 0. The maximum Gasteiger partial charge on any atom is 0.146 e. The topological polar surface area (TPSA) is 67.6 Å². The first-order chi connectivity index (χ1) is 25.2. The van der Waals surface area contributed by atoms with E-state index in [1.165, 1.54) is 29.8 Å². The molecule has 0 fully saturated rings. The van der Waals surface area contributed by atoms with Crippen LogP contribution >= 0.6 is 0 Å². The van der Waals surface area contributed by atoms with E-state index in [1.807, 2.05) is 71.4 Å². The Morgan fingerprint density at radius 2 is 1.42 bits per heavy atom. The minimum atomic E-state index is -0.427. The minimum Gasteiger partial charge on any atom is -0.498 e. The predicted molar refractivity (Wildman–Crippen MR) is 202 cm³/mol. The molecule has 53 heavy (non-hydrogen) atoms. The Morgan fingerprint density at radius 1 is 0.698 bits per heavy atom. The Labute approximate surface area is 318 Å². The summed E-state index contributed by atoms with van der Waals surface area (Å²) in [5, 5.41) is 12.8. The van der Waals surface area contributed by atoms with Crippen molar-refractivity contribution in [1.82, 2.24) is 14.5 Å². The molecule has 9 aromatic rings. The first kappa shape index (κ1) is 35.4. The van der Waals surface area contributed by atoms with Gasteiger partial charge in [0.1, 0.15) is 29.0 Å². The molecular weight excluding hydrogens is 843 g/mol. The van der Waals surface area contributed by atoms with Gasteiger partial charge in [0.05, 0.1) is 22.2 Å². The van der Waals surface area contributed by atoms with Gasteiger partial charge < -0.3 is 19.0 Å². The SMILES string of the molecule is CC(C)(C)c1ccc(-c2[c-]cccc2)nc1.N#Cc1ccc2c(oc3c(-c4ccccn4)[c-]ccc32)c1-n1c2ccc(F)cc2c2cc(F)ccc21.[Ir]. The van der Waals surface area contributed by atoms with E-state index in [0.29, 0.717) is 55.5 Å². The number of hydrogen-bond acceptors (Lipinski definition) is 4. The fourth-order valence-corrected chi connectivity index (χ4v) is 6.56. The van der Waals surface area contributed by atoms with Crippen molar-refractivity contribution in [3.05, 3.63) is 163 Å². The second-order valence-corrected chi connectivity index (χ2v) is 13.5. The number of pyridine rings is 2. The summed E-state index contributed by atoms with van der Waals surface area (Å²) in [5.74, 6) is -0.854. The minimum absolute atomic E-state index is 0. The molecule has 0 saturated heterocycles. The molecule has 0 aliphatic carbocycles. The van der Waals surface area contributed by atoms with Gasteiger partial charge in [-0.25, -0.2) is 8.78 Å². The maximum atomic E-state index is 14.2. The smallest absolute Gasteiger partial charge is 0.146 e. The summed E-state index contributed by atoms with van der Waals surface area (Å²) in [6.45, 7) is 6.58. The molecular formula is C45H30F2IrN4O-2. The summed E-state index contributed by atoms with van der Waals surface area (Å²) in [6.07, 6.45) is 3.66. The Bertz CT molecular complexity index is 2740. The van der Waals surface area contributed by atoms with Gasteiger partial charge in [-0.1, -0.05) is 62.1 Å². The van der Waals surface area contributed by atoms with Crippen LogP contribution in [0.25, 0.3) is 71.9 Å². The molecule has 9 rings (SSSR count). The van der Waals surface area contributed by atoms with Gasteiger partial charge in [-0.15, -0.1) is 54.1 Å². The summed E-state index contributed by atoms with van der Waals surface area (Å²) < 4.78 is 36.8. The number of aromatic nitrogens is 3. The Balaban J connectivity index is 0.000000216. The third-order valence-electron chi connectivity index (χ3n) is 9.14. The van der Waals surface area contributed by atoms with Crippen LogP contribution in [0.15, 0.2) is 132 Å². The zero-order chi connectivity index (χ0) is 36.0. The summed E-state index contributed by atoms with van der Waals surface area (Å²) in [4.78, 5) is 8.94. The monoisotopic (exact) mass is 873 g/mol. The molecule has 0 aliphatic heterocycles. The van der Waals surface area contributed by atoms with Gasteiger partial charge in [-0.3, -0.25) is 0 Å². The number of rotatable bonds is 3. The van der Waals surface area contributed by atoms with E-state index < -0.39 is 11.6 Å². The van der Waals surface area contributed by atoms with Crippen molar-refractivity contribution in [2.75, 3.05) is 0 Å². The first-order valence-corrected chi connectivity index (χ1v) is 16.8. The van der Waals surface area contributed by atoms with Gasteiger partial charge in [0.15, 0.2) is 0 Å². The molecule has 0 amide bonds. The predicted octanol–water partition coefficient (Wildman–Crippen LogP) is 11.5. The van der Waals surface area contributed by atoms with E-state index in [9.17, 15) is 14.0 Å². The van der Waals surface area contributed by atoms with Crippen molar-refractivity contribution in [2.24, 2.45) is 0 Å². The molecule has 261 valence electrons. The van der Waals surface area contributed by atoms with Crippen LogP contribution in [-0.2, 0) is 25.5 Å². The molecule has 4 aromatic heterocycles. The quantitative estimate of drug-likeness (QED) is 0.166. The molecule has 0 bridgehead atoms. The molecule has 0 saturated carbocycles.